The molecule has 34 heavy (non-hydrogen) atoms. The molecule has 0 aromatic heterocycles. The Bertz CT molecular complexity index is 989. The van der Waals surface area contributed by atoms with Gasteiger partial charge in [-0.1, -0.05) is 52.0 Å². The quantitative estimate of drug-likeness (QED) is 0.355. The van der Waals surface area contributed by atoms with Crippen molar-refractivity contribution in [2.24, 2.45) is 11.3 Å². The molecule has 2 N–H and O–H groups in total. The Hall–Kier alpha value is -2.31. The summed E-state index contributed by atoms with van der Waals surface area (Å²) in [6, 6.07) is 15.9. The smallest absolute Gasteiger partial charge is 0.389 e. The lowest BCUT2D eigenvalue weighted by Crippen LogP contribution is -2.56. The first-order chi connectivity index (χ1) is 15.8. The van der Waals surface area contributed by atoms with Crippen molar-refractivity contribution in [3.8, 4) is 11.5 Å². The molecule has 0 radical (unpaired) electrons. The summed E-state index contributed by atoms with van der Waals surface area (Å²) in [7, 11) is -2.63. The van der Waals surface area contributed by atoms with Gasteiger partial charge in [0.05, 0.1) is 0 Å². The van der Waals surface area contributed by atoms with Gasteiger partial charge in [0.15, 0.2) is 0 Å². The summed E-state index contributed by atoms with van der Waals surface area (Å²) in [6.07, 6.45) is 3.08. The molecular weight excluding hydrogens is 444 g/mol. The highest BCUT2D eigenvalue weighted by Gasteiger charge is 2.61. The van der Waals surface area contributed by atoms with Crippen LogP contribution in [0.15, 0.2) is 48.5 Å². The molecule has 1 aliphatic rings. The second kappa shape index (κ2) is 9.38. The van der Waals surface area contributed by atoms with E-state index in [-0.39, 0.29) is 11.3 Å². The lowest BCUT2D eigenvalue weighted by Gasteiger charge is -2.45. The minimum absolute atomic E-state index is 0.171. The summed E-state index contributed by atoms with van der Waals surface area (Å²) in [4.78, 5) is 22.5. The lowest BCUT2D eigenvalue weighted by molar-refractivity contribution is -0.168. The largest absolute Gasteiger partial charge is 0.520 e. The number of benzene rings is 2. The number of aliphatic carboxylic acids is 1. The van der Waals surface area contributed by atoms with Crippen molar-refractivity contribution in [3.05, 3.63) is 59.7 Å². The molecule has 186 valence electrons. The van der Waals surface area contributed by atoms with Crippen LogP contribution in [-0.4, -0.2) is 30.0 Å². The van der Waals surface area contributed by atoms with E-state index in [4.69, 9.17) is 9.16 Å². The fraction of sp³-hybridized carbons (Fsp3) is 0.536. The van der Waals surface area contributed by atoms with Gasteiger partial charge in [0.2, 0.25) is 0 Å². The molecule has 3 rings (SSSR count). The Labute approximate surface area is 205 Å². The molecule has 0 heterocycles. The summed E-state index contributed by atoms with van der Waals surface area (Å²) in [5.74, 6) is 0.792. The van der Waals surface area contributed by atoms with Gasteiger partial charge < -0.3 is 19.1 Å². The van der Waals surface area contributed by atoms with Crippen LogP contribution in [0.5, 0.6) is 11.5 Å². The average Bonchev–Trinajstić information content (AvgIpc) is 3.59. The molecule has 0 bridgehead atoms. The van der Waals surface area contributed by atoms with E-state index in [1.807, 2.05) is 57.2 Å². The molecule has 1 aliphatic carbocycles. The minimum atomic E-state index is -2.63. The summed E-state index contributed by atoms with van der Waals surface area (Å²) in [5, 5.41) is 10.2. The third-order valence-electron chi connectivity index (χ3n) is 7.69. The number of hydrogen-bond donors (Lipinski definition) is 2. The molecule has 2 unspecified atom stereocenters. The Balaban J connectivity index is 1.83. The standard InChI is InChI=1S/C28H40O5Si/c1-8-27(5,28(9-2,25(29)30)22-10-11-22)32-23-16-12-20(13-17-23)26(3,4)21-14-18-24(19-15-21)33-34(6,7)31/h12-19,22,31H,8-11H2,1-7H3,(H,29,30). The molecule has 2 atom stereocenters. The number of carboxylic acids is 1. The van der Waals surface area contributed by atoms with Crippen molar-refractivity contribution in [1.29, 1.82) is 0 Å². The Kier molecular flexibility index (Phi) is 7.26. The third-order valence-corrected chi connectivity index (χ3v) is 8.43. The zero-order valence-corrected chi connectivity index (χ0v) is 22.6. The predicted octanol–water partition coefficient (Wildman–Crippen LogP) is 6.52. The van der Waals surface area contributed by atoms with Crippen LogP contribution in [-0.2, 0) is 10.2 Å². The van der Waals surface area contributed by atoms with E-state index in [1.165, 1.54) is 0 Å². The second-order valence-electron chi connectivity index (χ2n) is 10.8. The maximum Gasteiger partial charge on any atom is 0.389 e. The molecular formula is C28H40O5Si. The third kappa shape index (κ3) is 5.03. The van der Waals surface area contributed by atoms with Crippen LogP contribution >= 0.6 is 0 Å². The maximum atomic E-state index is 12.5. The highest BCUT2D eigenvalue weighted by Crippen LogP contribution is 2.56. The van der Waals surface area contributed by atoms with Crippen LogP contribution in [0.2, 0.25) is 13.1 Å². The van der Waals surface area contributed by atoms with Crippen LogP contribution in [0, 0.1) is 11.3 Å². The minimum Gasteiger partial charge on any atom is -0.520 e. The summed E-state index contributed by atoms with van der Waals surface area (Å²) in [5.41, 5.74) is 0.347. The summed E-state index contributed by atoms with van der Waals surface area (Å²) < 4.78 is 12.1. The molecule has 1 fully saturated rings. The first-order valence-corrected chi connectivity index (χ1v) is 15.2. The van der Waals surface area contributed by atoms with Crippen molar-refractivity contribution in [3.63, 3.8) is 0 Å². The van der Waals surface area contributed by atoms with Crippen LogP contribution in [0.25, 0.3) is 0 Å². The molecule has 6 heteroatoms. The normalized spacial score (nSPS) is 18.0. The molecule has 0 amide bonds. The topological polar surface area (TPSA) is 76.0 Å². The molecule has 2 aromatic carbocycles. The molecule has 0 aliphatic heterocycles. The Morgan fingerprint density at radius 3 is 1.74 bits per heavy atom. The zero-order chi connectivity index (χ0) is 25.4. The van der Waals surface area contributed by atoms with Crippen LogP contribution in [0.1, 0.15) is 71.4 Å². The molecule has 5 nitrogen and oxygen atoms in total. The van der Waals surface area contributed by atoms with E-state index < -0.39 is 25.5 Å². The Morgan fingerprint density at radius 1 is 0.912 bits per heavy atom. The first-order valence-electron chi connectivity index (χ1n) is 12.3. The summed E-state index contributed by atoms with van der Waals surface area (Å²) >= 11 is 0. The van der Waals surface area contributed by atoms with E-state index >= 15 is 0 Å². The van der Waals surface area contributed by atoms with Gasteiger partial charge in [0.1, 0.15) is 22.5 Å². The van der Waals surface area contributed by atoms with Crippen LogP contribution in [0.3, 0.4) is 0 Å². The van der Waals surface area contributed by atoms with E-state index in [1.54, 1.807) is 13.1 Å². The molecule has 0 saturated heterocycles. The molecule has 1 saturated carbocycles. The number of carboxylic acid groups (broad SMARTS) is 1. The Morgan fingerprint density at radius 2 is 1.38 bits per heavy atom. The van der Waals surface area contributed by atoms with E-state index in [9.17, 15) is 14.7 Å². The number of carbonyl (C=O) groups is 1. The predicted molar refractivity (Wildman–Crippen MR) is 138 cm³/mol. The van der Waals surface area contributed by atoms with Gasteiger partial charge in [0.25, 0.3) is 0 Å². The van der Waals surface area contributed by atoms with Crippen molar-refractivity contribution in [1.82, 2.24) is 0 Å². The van der Waals surface area contributed by atoms with Crippen molar-refractivity contribution >= 4 is 14.5 Å². The lowest BCUT2D eigenvalue weighted by atomic mass is 9.65. The van der Waals surface area contributed by atoms with Crippen LogP contribution in [0.4, 0.5) is 0 Å². The van der Waals surface area contributed by atoms with E-state index in [0.29, 0.717) is 24.3 Å². The molecule has 2 aromatic rings. The van der Waals surface area contributed by atoms with Gasteiger partial charge in [-0.15, -0.1) is 0 Å². The van der Waals surface area contributed by atoms with Gasteiger partial charge in [-0.2, -0.15) is 0 Å². The van der Waals surface area contributed by atoms with Gasteiger partial charge in [-0.3, -0.25) is 4.79 Å². The van der Waals surface area contributed by atoms with E-state index in [0.717, 1.165) is 24.0 Å². The fourth-order valence-electron chi connectivity index (χ4n) is 5.30. The van der Waals surface area contributed by atoms with Gasteiger partial charge in [0, 0.05) is 5.41 Å². The number of ether oxygens (including phenoxy) is 1. The van der Waals surface area contributed by atoms with Gasteiger partial charge in [-0.05, 0) is 87.0 Å². The fourth-order valence-corrected chi connectivity index (χ4v) is 6.01. The number of rotatable bonds is 11. The monoisotopic (exact) mass is 484 g/mol. The zero-order valence-electron chi connectivity index (χ0n) is 21.6. The van der Waals surface area contributed by atoms with E-state index in [2.05, 4.69) is 26.0 Å². The van der Waals surface area contributed by atoms with Crippen LogP contribution < -0.4 is 9.16 Å². The first kappa shape index (κ1) is 26.3. The number of hydrogen-bond acceptors (Lipinski definition) is 4. The maximum absolute atomic E-state index is 12.5. The molecule has 0 spiro atoms. The second-order valence-corrected chi connectivity index (χ2v) is 13.9. The SMILES string of the molecule is CCC(C)(Oc1ccc(C(C)(C)c2ccc(O[Si](C)(C)O)cc2)cc1)C(CC)(C(=O)O)C1CC1. The van der Waals surface area contributed by atoms with Crippen molar-refractivity contribution in [2.75, 3.05) is 0 Å². The highest BCUT2D eigenvalue weighted by atomic mass is 28.4. The average molecular weight is 485 g/mol. The summed E-state index contributed by atoms with van der Waals surface area (Å²) in [6.45, 7) is 13.8. The van der Waals surface area contributed by atoms with Gasteiger partial charge in [-0.25, -0.2) is 0 Å². The van der Waals surface area contributed by atoms with Crippen molar-refractivity contribution < 1.29 is 23.9 Å². The van der Waals surface area contributed by atoms with Gasteiger partial charge >= 0.3 is 14.5 Å². The highest BCUT2D eigenvalue weighted by molar-refractivity contribution is 6.63. The van der Waals surface area contributed by atoms with Crippen molar-refractivity contribution in [2.45, 2.75) is 84.4 Å².